The van der Waals surface area contributed by atoms with Crippen molar-refractivity contribution in [1.29, 1.82) is 0 Å². The van der Waals surface area contributed by atoms with E-state index in [1.54, 1.807) is 6.92 Å². The number of imidazole rings is 1. The van der Waals surface area contributed by atoms with Crippen molar-refractivity contribution >= 4 is 50.8 Å². The Balaban J connectivity index is 0.00000364. The van der Waals surface area contributed by atoms with E-state index < -0.39 is 9.84 Å². The zero-order valence-corrected chi connectivity index (χ0v) is 19.4. The lowest BCUT2D eigenvalue weighted by Gasteiger charge is -2.11. The van der Waals surface area contributed by atoms with E-state index in [-0.39, 0.29) is 35.5 Å². The quantitative estimate of drug-likeness (QED) is 0.236. The van der Waals surface area contributed by atoms with Gasteiger partial charge < -0.3 is 15.2 Å². The minimum Gasteiger partial charge on any atom is -0.357 e. The molecule has 1 aromatic heterocycles. The average molecular weight is 507 g/mol. The van der Waals surface area contributed by atoms with Crippen LogP contribution in [0.1, 0.15) is 26.1 Å². The summed E-state index contributed by atoms with van der Waals surface area (Å²) in [4.78, 5) is 9.11. The van der Waals surface area contributed by atoms with Gasteiger partial charge in [0.2, 0.25) is 0 Å². The number of sulfone groups is 1. The van der Waals surface area contributed by atoms with Gasteiger partial charge in [0.15, 0.2) is 15.8 Å². The number of guanidine groups is 1. The lowest BCUT2D eigenvalue weighted by Crippen LogP contribution is -2.39. The summed E-state index contributed by atoms with van der Waals surface area (Å²) in [6.07, 6.45) is 0.880. The second kappa shape index (κ2) is 11.5. The van der Waals surface area contributed by atoms with E-state index in [9.17, 15) is 8.42 Å². The number of nitrogens with one attached hydrogen (secondary N) is 2. The van der Waals surface area contributed by atoms with Gasteiger partial charge in [0, 0.05) is 31.9 Å². The molecule has 0 spiro atoms. The van der Waals surface area contributed by atoms with Crippen LogP contribution in [0.3, 0.4) is 0 Å². The van der Waals surface area contributed by atoms with Gasteiger partial charge in [-0.15, -0.1) is 24.0 Å². The van der Waals surface area contributed by atoms with Gasteiger partial charge in [-0.3, -0.25) is 4.99 Å². The number of benzene rings is 1. The number of aryl methyl sites for hydroxylation is 2. The molecule has 0 aliphatic rings. The van der Waals surface area contributed by atoms with Crippen LogP contribution in [0, 0.1) is 6.92 Å². The first-order valence-corrected chi connectivity index (χ1v) is 10.9. The van der Waals surface area contributed by atoms with E-state index in [1.807, 2.05) is 32.0 Å². The largest absolute Gasteiger partial charge is 0.357 e. The van der Waals surface area contributed by atoms with E-state index in [1.165, 1.54) is 0 Å². The van der Waals surface area contributed by atoms with Gasteiger partial charge in [-0.25, -0.2) is 13.4 Å². The smallest absolute Gasteiger partial charge is 0.191 e. The first kappa shape index (κ1) is 23.7. The molecular weight excluding hydrogens is 477 g/mol. The molecule has 0 atom stereocenters. The molecule has 2 N–H and O–H groups in total. The molecule has 0 aliphatic carbocycles. The summed E-state index contributed by atoms with van der Waals surface area (Å²) in [6, 6.07) is 8.12. The second-order valence-corrected chi connectivity index (χ2v) is 8.55. The topological polar surface area (TPSA) is 88.4 Å². The standard InChI is InChI=1S/C18H29N5O2S.HI/c1-4-19-18(21-12-14-26(24,25)5-2)20-11-8-13-23-15(3)22-16-9-6-7-10-17(16)23;/h6-7,9-10H,4-5,8,11-14H2,1-3H3,(H2,19,20,21);1H. The lowest BCUT2D eigenvalue weighted by molar-refractivity contribution is 0.595. The Hall–Kier alpha value is -1.36. The van der Waals surface area contributed by atoms with E-state index in [4.69, 9.17) is 0 Å². The van der Waals surface area contributed by atoms with Crippen LogP contribution in [0.15, 0.2) is 29.3 Å². The highest BCUT2D eigenvalue weighted by Gasteiger charge is 2.08. The van der Waals surface area contributed by atoms with Gasteiger partial charge in [-0.1, -0.05) is 19.1 Å². The van der Waals surface area contributed by atoms with Crippen molar-refractivity contribution in [3.63, 3.8) is 0 Å². The molecule has 1 aromatic carbocycles. The third kappa shape index (κ3) is 7.28. The van der Waals surface area contributed by atoms with Crippen LogP contribution in [0.2, 0.25) is 0 Å². The maximum atomic E-state index is 11.6. The third-order valence-electron chi connectivity index (χ3n) is 4.14. The number of aromatic nitrogens is 2. The minimum atomic E-state index is -2.97. The molecule has 0 fully saturated rings. The summed E-state index contributed by atoms with van der Waals surface area (Å²) in [7, 11) is -2.97. The van der Waals surface area contributed by atoms with E-state index in [0.717, 1.165) is 36.4 Å². The van der Waals surface area contributed by atoms with Gasteiger partial charge in [-0.05, 0) is 32.4 Å². The van der Waals surface area contributed by atoms with Crippen LogP contribution < -0.4 is 10.6 Å². The van der Waals surface area contributed by atoms with Gasteiger partial charge >= 0.3 is 0 Å². The molecule has 152 valence electrons. The number of aliphatic imine (C=N–C) groups is 1. The molecule has 9 heteroatoms. The summed E-state index contributed by atoms with van der Waals surface area (Å²) in [6.45, 7) is 8.27. The minimum absolute atomic E-state index is 0. The van der Waals surface area contributed by atoms with Crippen molar-refractivity contribution in [3.8, 4) is 0 Å². The second-order valence-electron chi connectivity index (χ2n) is 6.08. The van der Waals surface area contributed by atoms with Crippen LogP contribution in [0.25, 0.3) is 11.0 Å². The summed E-state index contributed by atoms with van der Waals surface area (Å²) >= 11 is 0. The molecule has 0 saturated carbocycles. The first-order valence-electron chi connectivity index (χ1n) is 9.11. The number of hydrogen-bond acceptors (Lipinski definition) is 4. The number of rotatable bonds is 9. The molecule has 0 saturated heterocycles. The van der Waals surface area contributed by atoms with Crippen molar-refractivity contribution < 1.29 is 8.42 Å². The zero-order chi connectivity index (χ0) is 19.0. The average Bonchev–Trinajstić information content (AvgIpc) is 2.94. The monoisotopic (exact) mass is 507 g/mol. The maximum Gasteiger partial charge on any atom is 0.191 e. The van der Waals surface area contributed by atoms with Gasteiger partial charge in [0.05, 0.1) is 16.8 Å². The van der Waals surface area contributed by atoms with Crippen LogP contribution in [0.5, 0.6) is 0 Å². The SMILES string of the molecule is CCNC(=NCCCn1c(C)nc2ccccc21)NCCS(=O)(=O)CC.I. The number of nitrogens with zero attached hydrogens (tertiary/aromatic N) is 3. The molecule has 0 unspecified atom stereocenters. The number of halogens is 1. The highest BCUT2D eigenvalue weighted by Crippen LogP contribution is 2.15. The molecule has 0 amide bonds. The predicted molar refractivity (Wildman–Crippen MR) is 123 cm³/mol. The molecule has 0 radical (unpaired) electrons. The third-order valence-corrected chi connectivity index (χ3v) is 5.85. The summed E-state index contributed by atoms with van der Waals surface area (Å²) in [5.41, 5.74) is 2.16. The van der Waals surface area contributed by atoms with Gasteiger partial charge in [0.25, 0.3) is 0 Å². The Kier molecular flexibility index (Phi) is 10.1. The zero-order valence-electron chi connectivity index (χ0n) is 16.2. The highest BCUT2D eigenvalue weighted by molar-refractivity contribution is 14.0. The molecule has 0 bridgehead atoms. The molecule has 2 aromatic rings. The summed E-state index contributed by atoms with van der Waals surface area (Å²) in [5.74, 6) is 1.95. The number of fused-ring (bicyclic) bond motifs is 1. The molecule has 2 rings (SSSR count). The van der Waals surface area contributed by atoms with Crippen molar-refractivity contribution in [2.75, 3.05) is 31.1 Å². The Morgan fingerprint density at radius 1 is 1.22 bits per heavy atom. The highest BCUT2D eigenvalue weighted by atomic mass is 127. The van der Waals surface area contributed by atoms with Crippen LogP contribution >= 0.6 is 24.0 Å². The fraction of sp³-hybridized carbons (Fsp3) is 0.556. The van der Waals surface area contributed by atoms with E-state index in [2.05, 4.69) is 31.2 Å². The Labute approximate surface area is 179 Å². The van der Waals surface area contributed by atoms with Crippen molar-refractivity contribution in [2.45, 2.75) is 33.7 Å². The molecule has 1 heterocycles. The predicted octanol–water partition coefficient (Wildman–Crippen LogP) is 2.34. The van der Waals surface area contributed by atoms with Crippen molar-refractivity contribution in [2.24, 2.45) is 4.99 Å². The van der Waals surface area contributed by atoms with Crippen molar-refractivity contribution in [1.82, 2.24) is 20.2 Å². The summed E-state index contributed by atoms with van der Waals surface area (Å²) in [5, 5.41) is 6.23. The van der Waals surface area contributed by atoms with Crippen LogP contribution in [-0.4, -0.2) is 55.1 Å². The van der Waals surface area contributed by atoms with E-state index in [0.29, 0.717) is 19.0 Å². The lowest BCUT2D eigenvalue weighted by atomic mass is 10.3. The fourth-order valence-corrected chi connectivity index (χ4v) is 3.41. The number of hydrogen-bond donors (Lipinski definition) is 2. The normalized spacial score (nSPS) is 12.0. The van der Waals surface area contributed by atoms with Gasteiger partial charge in [-0.2, -0.15) is 0 Å². The Bertz CT molecular complexity index is 849. The summed E-state index contributed by atoms with van der Waals surface area (Å²) < 4.78 is 25.3. The molecule has 7 nitrogen and oxygen atoms in total. The van der Waals surface area contributed by atoms with Crippen molar-refractivity contribution in [3.05, 3.63) is 30.1 Å². The van der Waals surface area contributed by atoms with Crippen LogP contribution in [0.4, 0.5) is 0 Å². The molecule has 0 aliphatic heterocycles. The molecule has 27 heavy (non-hydrogen) atoms. The molecular formula is C18H30IN5O2S. The maximum absolute atomic E-state index is 11.6. The Morgan fingerprint density at radius 3 is 2.67 bits per heavy atom. The van der Waals surface area contributed by atoms with Gasteiger partial charge in [0.1, 0.15) is 5.82 Å². The fourth-order valence-electron chi connectivity index (χ4n) is 2.71. The Morgan fingerprint density at radius 2 is 1.96 bits per heavy atom. The van der Waals surface area contributed by atoms with E-state index >= 15 is 0 Å². The number of para-hydroxylation sites is 2. The van der Waals surface area contributed by atoms with Crippen LogP contribution in [-0.2, 0) is 16.4 Å². The first-order chi connectivity index (χ1) is 12.5.